The van der Waals surface area contributed by atoms with Crippen LogP contribution in [0.5, 0.6) is 0 Å². The zero-order chi connectivity index (χ0) is 10.7. The van der Waals surface area contributed by atoms with E-state index in [1.807, 2.05) is 0 Å². The Morgan fingerprint density at radius 1 is 1.33 bits per heavy atom. The van der Waals surface area contributed by atoms with Crippen LogP contribution in [-0.2, 0) is 6.54 Å². The number of nitrogens with zero attached hydrogens (tertiary/aromatic N) is 3. The third-order valence-electron chi connectivity index (χ3n) is 2.73. The van der Waals surface area contributed by atoms with Crippen LogP contribution in [0.3, 0.4) is 0 Å². The fourth-order valence-corrected chi connectivity index (χ4v) is 2.02. The van der Waals surface area contributed by atoms with Crippen LogP contribution in [0.4, 0.5) is 0 Å². The van der Waals surface area contributed by atoms with Gasteiger partial charge in [-0.05, 0) is 25.9 Å². The van der Waals surface area contributed by atoms with Crippen molar-refractivity contribution in [3.05, 3.63) is 27.9 Å². The largest absolute Gasteiger partial charge is 0.310 e. The first-order valence-corrected chi connectivity index (χ1v) is 5.58. The summed E-state index contributed by atoms with van der Waals surface area (Å²) in [5.41, 5.74) is -0.196. The molecule has 0 unspecified atom stereocenters. The topological polar surface area (TPSA) is 38.1 Å². The van der Waals surface area contributed by atoms with E-state index in [2.05, 4.69) is 9.88 Å². The van der Waals surface area contributed by atoms with Crippen molar-refractivity contribution in [3.63, 3.8) is 0 Å². The van der Waals surface area contributed by atoms with Crippen LogP contribution in [0.15, 0.2) is 17.2 Å². The van der Waals surface area contributed by atoms with E-state index in [-0.39, 0.29) is 10.7 Å². The molecule has 0 spiro atoms. The molecule has 0 aliphatic carbocycles. The Labute approximate surface area is 93.5 Å². The van der Waals surface area contributed by atoms with Gasteiger partial charge in [-0.1, -0.05) is 11.6 Å². The highest BCUT2D eigenvalue weighted by atomic mass is 35.5. The first-order chi connectivity index (χ1) is 7.27. The predicted molar refractivity (Wildman–Crippen MR) is 59.2 cm³/mol. The zero-order valence-electron chi connectivity index (χ0n) is 8.53. The molecular formula is C10H14ClN3O. The second-order valence-corrected chi connectivity index (χ2v) is 4.12. The summed E-state index contributed by atoms with van der Waals surface area (Å²) < 4.78 is 1.62. The van der Waals surface area contributed by atoms with Gasteiger partial charge in [-0.2, -0.15) is 0 Å². The van der Waals surface area contributed by atoms with E-state index in [0.29, 0.717) is 6.54 Å². The van der Waals surface area contributed by atoms with Gasteiger partial charge < -0.3 is 9.47 Å². The minimum Gasteiger partial charge on any atom is -0.310 e. The number of hydrogen-bond donors (Lipinski definition) is 0. The first kappa shape index (κ1) is 10.6. The van der Waals surface area contributed by atoms with Crippen molar-refractivity contribution in [1.82, 2.24) is 14.5 Å². The fourth-order valence-electron chi connectivity index (χ4n) is 1.85. The predicted octanol–water partition coefficient (Wildman–Crippen LogP) is 0.992. The molecule has 2 heterocycles. The van der Waals surface area contributed by atoms with Crippen LogP contribution in [-0.4, -0.2) is 34.1 Å². The molecule has 4 nitrogen and oxygen atoms in total. The SMILES string of the molecule is O=c1c(Cl)nccn1CCN1CCCC1. The molecule has 1 aromatic rings. The van der Waals surface area contributed by atoms with Crippen molar-refractivity contribution < 1.29 is 0 Å². The summed E-state index contributed by atoms with van der Waals surface area (Å²) in [5.74, 6) is 0. The third-order valence-corrected chi connectivity index (χ3v) is 2.99. The maximum absolute atomic E-state index is 11.5. The maximum atomic E-state index is 11.5. The Kier molecular flexibility index (Phi) is 3.38. The monoisotopic (exact) mass is 227 g/mol. The van der Waals surface area contributed by atoms with Crippen LogP contribution < -0.4 is 5.56 Å². The molecule has 2 rings (SSSR count). The van der Waals surface area contributed by atoms with E-state index in [4.69, 9.17) is 11.6 Å². The molecular weight excluding hydrogens is 214 g/mol. The normalized spacial score (nSPS) is 17.1. The van der Waals surface area contributed by atoms with Crippen molar-refractivity contribution in [1.29, 1.82) is 0 Å². The first-order valence-electron chi connectivity index (χ1n) is 5.20. The van der Waals surface area contributed by atoms with Crippen LogP contribution in [0.25, 0.3) is 0 Å². The van der Waals surface area contributed by atoms with Gasteiger partial charge in [-0.15, -0.1) is 0 Å². The smallest absolute Gasteiger partial charge is 0.288 e. The van der Waals surface area contributed by atoms with E-state index in [0.717, 1.165) is 19.6 Å². The van der Waals surface area contributed by atoms with Gasteiger partial charge in [0.1, 0.15) is 0 Å². The van der Waals surface area contributed by atoms with Gasteiger partial charge in [0, 0.05) is 25.5 Å². The van der Waals surface area contributed by atoms with Gasteiger partial charge >= 0.3 is 0 Å². The molecule has 0 saturated carbocycles. The molecule has 0 aromatic carbocycles. The highest BCUT2D eigenvalue weighted by Gasteiger charge is 2.11. The molecule has 0 amide bonds. The lowest BCUT2D eigenvalue weighted by molar-refractivity contribution is 0.320. The summed E-state index contributed by atoms with van der Waals surface area (Å²) in [4.78, 5) is 17.6. The summed E-state index contributed by atoms with van der Waals surface area (Å²) in [7, 11) is 0. The number of halogens is 1. The summed E-state index contributed by atoms with van der Waals surface area (Å²) in [6.45, 7) is 3.91. The highest BCUT2D eigenvalue weighted by Crippen LogP contribution is 2.06. The van der Waals surface area contributed by atoms with Gasteiger partial charge in [0.15, 0.2) is 5.15 Å². The number of rotatable bonds is 3. The highest BCUT2D eigenvalue weighted by molar-refractivity contribution is 6.29. The van der Waals surface area contributed by atoms with Crippen molar-refractivity contribution in [2.75, 3.05) is 19.6 Å². The molecule has 1 aliphatic rings. The van der Waals surface area contributed by atoms with Crippen LogP contribution in [0.2, 0.25) is 5.15 Å². The second-order valence-electron chi connectivity index (χ2n) is 3.77. The summed E-state index contributed by atoms with van der Waals surface area (Å²) in [6, 6.07) is 0. The maximum Gasteiger partial charge on any atom is 0.288 e. The lowest BCUT2D eigenvalue weighted by Gasteiger charge is -2.14. The molecule has 0 radical (unpaired) electrons. The Balaban J connectivity index is 1.98. The molecule has 1 fully saturated rings. The molecule has 0 N–H and O–H groups in total. The third kappa shape index (κ3) is 2.58. The van der Waals surface area contributed by atoms with Gasteiger partial charge in [0.25, 0.3) is 5.56 Å². The Morgan fingerprint density at radius 2 is 2.07 bits per heavy atom. The fraction of sp³-hybridized carbons (Fsp3) is 0.600. The molecule has 1 saturated heterocycles. The van der Waals surface area contributed by atoms with Crippen molar-refractivity contribution in [2.45, 2.75) is 19.4 Å². The molecule has 0 bridgehead atoms. The molecule has 82 valence electrons. The van der Waals surface area contributed by atoms with Crippen LogP contribution in [0, 0.1) is 0 Å². The minimum absolute atomic E-state index is 0.0546. The number of hydrogen-bond acceptors (Lipinski definition) is 3. The number of aromatic nitrogens is 2. The zero-order valence-corrected chi connectivity index (χ0v) is 9.28. The van der Waals surface area contributed by atoms with Gasteiger partial charge in [-0.3, -0.25) is 4.79 Å². The second kappa shape index (κ2) is 4.77. The molecule has 5 heteroatoms. The Morgan fingerprint density at radius 3 is 2.80 bits per heavy atom. The van der Waals surface area contributed by atoms with E-state index >= 15 is 0 Å². The molecule has 1 aliphatic heterocycles. The van der Waals surface area contributed by atoms with Gasteiger partial charge in [0.05, 0.1) is 0 Å². The van der Waals surface area contributed by atoms with Gasteiger partial charge in [0.2, 0.25) is 0 Å². The van der Waals surface area contributed by atoms with E-state index in [1.54, 1.807) is 17.0 Å². The lowest BCUT2D eigenvalue weighted by atomic mass is 10.4. The lowest BCUT2D eigenvalue weighted by Crippen LogP contribution is -2.29. The van der Waals surface area contributed by atoms with E-state index in [9.17, 15) is 4.79 Å². The Hall–Kier alpha value is -0.870. The number of likely N-dealkylation sites (tertiary alicyclic amines) is 1. The van der Waals surface area contributed by atoms with E-state index in [1.165, 1.54) is 12.8 Å². The molecule has 0 atom stereocenters. The average Bonchev–Trinajstić information content (AvgIpc) is 2.73. The van der Waals surface area contributed by atoms with E-state index < -0.39 is 0 Å². The van der Waals surface area contributed by atoms with Crippen molar-refractivity contribution in [2.24, 2.45) is 0 Å². The van der Waals surface area contributed by atoms with Crippen LogP contribution in [0.1, 0.15) is 12.8 Å². The average molecular weight is 228 g/mol. The minimum atomic E-state index is -0.196. The van der Waals surface area contributed by atoms with Crippen LogP contribution >= 0.6 is 11.6 Å². The molecule has 15 heavy (non-hydrogen) atoms. The summed E-state index contributed by atoms with van der Waals surface area (Å²) >= 11 is 5.65. The van der Waals surface area contributed by atoms with Crippen molar-refractivity contribution >= 4 is 11.6 Å². The summed E-state index contributed by atoms with van der Waals surface area (Å²) in [6.07, 6.45) is 5.79. The molecule has 1 aromatic heterocycles. The van der Waals surface area contributed by atoms with Gasteiger partial charge in [-0.25, -0.2) is 4.98 Å². The van der Waals surface area contributed by atoms with Crippen molar-refractivity contribution in [3.8, 4) is 0 Å². The standard InChI is InChI=1S/C10H14ClN3O/c11-9-10(15)14(6-3-12-9)8-7-13-4-1-2-5-13/h3,6H,1-2,4-5,7-8H2. The Bertz CT molecular complexity index is 384. The summed E-state index contributed by atoms with van der Waals surface area (Å²) in [5, 5.41) is 0.0546. The quantitative estimate of drug-likeness (QED) is 0.773.